The van der Waals surface area contributed by atoms with Crippen LogP contribution in [0.15, 0.2) is 40.8 Å². The summed E-state index contributed by atoms with van der Waals surface area (Å²) in [5.41, 5.74) is 1.33. The third-order valence-electron chi connectivity index (χ3n) is 4.94. The monoisotopic (exact) mass is 440 g/mol. The van der Waals surface area contributed by atoms with E-state index in [1.165, 1.54) is 35.0 Å². The summed E-state index contributed by atoms with van der Waals surface area (Å²) in [5.74, 6) is -2.13. The van der Waals surface area contributed by atoms with Crippen molar-refractivity contribution in [2.24, 2.45) is 0 Å². The van der Waals surface area contributed by atoms with E-state index in [2.05, 4.69) is 26.2 Å². The van der Waals surface area contributed by atoms with Gasteiger partial charge in [-0.15, -0.1) is 5.10 Å². The number of fused-ring (bicyclic) bond motifs is 1. The summed E-state index contributed by atoms with van der Waals surface area (Å²) in [5, 5.41) is 16.4. The van der Waals surface area contributed by atoms with E-state index >= 15 is 0 Å². The molecule has 0 radical (unpaired) electrons. The molecular formula is C21H18F2N6O3. The first-order valence-corrected chi connectivity index (χ1v) is 9.60. The molecule has 4 rings (SSSR count). The van der Waals surface area contributed by atoms with Crippen LogP contribution < -0.4 is 10.6 Å². The van der Waals surface area contributed by atoms with Crippen LogP contribution in [0.1, 0.15) is 30.1 Å². The lowest BCUT2D eigenvalue weighted by atomic mass is 10.1. The smallest absolute Gasteiger partial charge is 0.313 e. The summed E-state index contributed by atoms with van der Waals surface area (Å²) >= 11 is 0. The number of aromatic nitrogens is 4. The minimum Gasteiger partial charge on any atom is -0.459 e. The van der Waals surface area contributed by atoms with Crippen molar-refractivity contribution in [1.82, 2.24) is 25.5 Å². The maximum Gasteiger partial charge on any atom is 0.313 e. The van der Waals surface area contributed by atoms with E-state index in [1.54, 1.807) is 20.8 Å². The fourth-order valence-electron chi connectivity index (χ4n) is 3.35. The van der Waals surface area contributed by atoms with Crippen molar-refractivity contribution in [3.8, 4) is 5.69 Å². The van der Waals surface area contributed by atoms with E-state index in [-0.39, 0.29) is 11.4 Å². The van der Waals surface area contributed by atoms with Crippen LogP contribution in [0.2, 0.25) is 0 Å². The first-order chi connectivity index (χ1) is 15.2. The number of halogens is 2. The molecule has 4 aromatic rings. The molecule has 2 amide bonds. The van der Waals surface area contributed by atoms with Gasteiger partial charge in [-0.25, -0.2) is 8.78 Å². The highest BCUT2D eigenvalue weighted by atomic mass is 19.1. The van der Waals surface area contributed by atoms with Gasteiger partial charge >= 0.3 is 11.8 Å². The quantitative estimate of drug-likeness (QED) is 0.471. The topological polar surface area (TPSA) is 115 Å². The van der Waals surface area contributed by atoms with Gasteiger partial charge in [-0.05, 0) is 67.6 Å². The van der Waals surface area contributed by atoms with Gasteiger partial charge in [0, 0.05) is 16.6 Å². The maximum absolute atomic E-state index is 14.2. The van der Waals surface area contributed by atoms with Crippen LogP contribution in [0.3, 0.4) is 0 Å². The number of hydrogen-bond acceptors (Lipinski definition) is 6. The van der Waals surface area contributed by atoms with Crippen molar-refractivity contribution in [2.45, 2.75) is 26.8 Å². The summed E-state index contributed by atoms with van der Waals surface area (Å²) in [7, 11) is 0. The normalized spacial score (nSPS) is 12.0. The lowest BCUT2D eigenvalue weighted by Gasteiger charge is -2.13. The highest BCUT2D eigenvalue weighted by Crippen LogP contribution is 2.30. The molecule has 9 nitrogen and oxygen atoms in total. The Hall–Kier alpha value is -4.15. The zero-order chi connectivity index (χ0) is 23.0. The molecule has 0 bridgehead atoms. The Balaban J connectivity index is 1.48. The number of nitrogens with one attached hydrogen (secondary N) is 2. The van der Waals surface area contributed by atoms with E-state index in [0.717, 1.165) is 6.07 Å². The second-order valence-corrected chi connectivity index (χ2v) is 7.19. The number of aryl methyl sites for hydroxylation is 2. The van der Waals surface area contributed by atoms with Gasteiger partial charge in [0.05, 0.1) is 6.04 Å². The van der Waals surface area contributed by atoms with E-state index < -0.39 is 29.5 Å². The van der Waals surface area contributed by atoms with Gasteiger partial charge in [-0.3, -0.25) is 9.59 Å². The third-order valence-corrected chi connectivity index (χ3v) is 4.94. The predicted molar refractivity (Wildman–Crippen MR) is 110 cm³/mol. The van der Waals surface area contributed by atoms with Crippen molar-refractivity contribution in [1.29, 1.82) is 0 Å². The maximum atomic E-state index is 14.2. The van der Waals surface area contributed by atoms with E-state index in [0.29, 0.717) is 28.1 Å². The highest BCUT2D eigenvalue weighted by molar-refractivity contribution is 6.39. The molecule has 0 aliphatic heterocycles. The van der Waals surface area contributed by atoms with Crippen LogP contribution in [0.5, 0.6) is 0 Å². The molecule has 2 heterocycles. The minimum atomic E-state index is -0.956. The molecule has 1 unspecified atom stereocenters. The lowest BCUT2D eigenvalue weighted by molar-refractivity contribution is -0.136. The molecule has 11 heteroatoms. The van der Waals surface area contributed by atoms with Gasteiger partial charge in [0.1, 0.15) is 28.7 Å². The Morgan fingerprint density at radius 2 is 1.88 bits per heavy atom. The molecule has 0 spiro atoms. The van der Waals surface area contributed by atoms with Crippen LogP contribution in [0.25, 0.3) is 16.7 Å². The molecular weight excluding hydrogens is 422 g/mol. The highest BCUT2D eigenvalue weighted by Gasteiger charge is 2.22. The zero-order valence-corrected chi connectivity index (χ0v) is 17.3. The largest absolute Gasteiger partial charge is 0.459 e. The van der Waals surface area contributed by atoms with Gasteiger partial charge in [-0.1, -0.05) is 0 Å². The molecule has 2 N–H and O–H groups in total. The Kier molecular flexibility index (Phi) is 5.39. The van der Waals surface area contributed by atoms with Crippen molar-refractivity contribution in [2.75, 3.05) is 5.32 Å². The third kappa shape index (κ3) is 3.92. The van der Waals surface area contributed by atoms with Crippen molar-refractivity contribution in [3.63, 3.8) is 0 Å². The average Bonchev–Trinajstić information content (AvgIpc) is 3.32. The molecule has 164 valence electrons. The van der Waals surface area contributed by atoms with Crippen LogP contribution in [0.4, 0.5) is 14.5 Å². The number of anilines is 1. The molecule has 32 heavy (non-hydrogen) atoms. The number of amides is 2. The van der Waals surface area contributed by atoms with Gasteiger partial charge in [-0.2, -0.15) is 4.68 Å². The number of tetrazole rings is 1. The zero-order valence-electron chi connectivity index (χ0n) is 17.3. The molecule has 0 fully saturated rings. The van der Waals surface area contributed by atoms with Crippen LogP contribution in [-0.2, 0) is 9.59 Å². The van der Waals surface area contributed by atoms with Gasteiger partial charge in [0.25, 0.3) is 0 Å². The molecule has 1 atom stereocenters. The number of hydrogen-bond donors (Lipinski definition) is 2. The first-order valence-electron chi connectivity index (χ1n) is 9.60. The van der Waals surface area contributed by atoms with Crippen LogP contribution >= 0.6 is 0 Å². The van der Waals surface area contributed by atoms with Crippen molar-refractivity contribution >= 4 is 28.5 Å². The number of furan rings is 1. The Morgan fingerprint density at radius 3 is 2.59 bits per heavy atom. The van der Waals surface area contributed by atoms with Crippen molar-refractivity contribution < 1.29 is 22.8 Å². The number of benzene rings is 2. The second kappa shape index (κ2) is 8.17. The molecule has 2 aromatic heterocycles. The molecule has 0 aliphatic rings. The van der Waals surface area contributed by atoms with Gasteiger partial charge < -0.3 is 15.1 Å². The molecule has 0 saturated heterocycles. The first kappa shape index (κ1) is 21.1. The minimum absolute atomic E-state index is 0.0178. The lowest BCUT2D eigenvalue weighted by Crippen LogP contribution is -2.37. The number of nitrogens with zero attached hydrogens (tertiary/aromatic N) is 4. The second-order valence-electron chi connectivity index (χ2n) is 7.19. The number of carbonyl (C=O) groups excluding carboxylic acids is 2. The van der Waals surface area contributed by atoms with Gasteiger partial charge in [0.15, 0.2) is 5.82 Å². The summed E-state index contributed by atoms with van der Waals surface area (Å²) in [6, 6.07) is 7.22. The summed E-state index contributed by atoms with van der Waals surface area (Å²) in [6.45, 7) is 4.97. The fourth-order valence-corrected chi connectivity index (χ4v) is 3.35. The van der Waals surface area contributed by atoms with E-state index in [9.17, 15) is 18.4 Å². The van der Waals surface area contributed by atoms with E-state index in [1.807, 2.05) is 0 Å². The molecule has 2 aromatic carbocycles. The number of rotatable bonds is 4. The van der Waals surface area contributed by atoms with Gasteiger partial charge in [0.2, 0.25) is 0 Å². The Bertz CT molecular complexity index is 1350. The number of carbonyl (C=O) groups is 2. The standard InChI is InChI=1S/C21H18F2N6O3/c1-10-15-8-13(22)4-7-18(15)32-19(10)11(2)24-20(30)21(31)25-14-5-6-16(23)17(9-14)29-12(3)26-27-28-29/h4-9,11H,1-3H3,(H,24,30)(H,25,31). The van der Waals surface area contributed by atoms with Crippen molar-refractivity contribution in [3.05, 3.63) is 65.2 Å². The fraction of sp³-hybridized carbons (Fsp3) is 0.190. The SMILES string of the molecule is Cc1c(C(C)NC(=O)C(=O)Nc2ccc(F)c(-n3nnnc3C)c2)oc2ccc(F)cc12. The Labute approximate surface area is 180 Å². The Morgan fingerprint density at radius 1 is 1.09 bits per heavy atom. The van der Waals surface area contributed by atoms with Crippen LogP contribution in [-0.4, -0.2) is 32.0 Å². The summed E-state index contributed by atoms with van der Waals surface area (Å²) in [6.07, 6.45) is 0. The average molecular weight is 440 g/mol. The molecule has 0 aliphatic carbocycles. The van der Waals surface area contributed by atoms with Crippen LogP contribution in [0, 0.1) is 25.5 Å². The predicted octanol–water partition coefficient (Wildman–Crippen LogP) is 3.12. The summed E-state index contributed by atoms with van der Waals surface area (Å²) in [4.78, 5) is 24.8. The van der Waals surface area contributed by atoms with E-state index in [4.69, 9.17) is 4.42 Å². The summed E-state index contributed by atoms with van der Waals surface area (Å²) < 4.78 is 34.6. The molecule has 0 saturated carbocycles.